The van der Waals surface area contributed by atoms with Crippen molar-refractivity contribution in [1.29, 1.82) is 0 Å². The summed E-state index contributed by atoms with van der Waals surface area (Å²) in [7, 11) is 0. The first-order valence-corrected chi connectivity index (χ1v) is 5.27. The van der Waals surface area contributed by atoms with E-state index < -0.39 is 5.97 Å². The third-order valence-electron chi connectivity index (χ3n) is 2.42. The zero-order chi connectivity index (χ0) is 13.2. The van der Waals surface area contributed by atoms with Crippen LogP contribution in [0.3, 0.4) is 0 Å². The van der Waals surface area contributed by atoms with E-state index in [-0.39, 0.29) is 17.3 Å². The molecule has 3 heterocycles. The summed E-state index contributed by atoms with van der Waals surface area (Å²) in [6, 6.07) is 3.44. The Balaban J connectivity index is 2.02. The Kier molecular flexibility index (Phi) is 2.53. The van der Waals surface area contributed by atoms with Gasteiger partial charge in [-0.3, -0.25) is 4.98 Å². The van der Waals surface area contributed by atoms with Crippen LogP contribution in [0.5, 0.6) is 0 Å². The van der Waals surface area contributed by atoms with E-state index in [9.17, 15) is 4.79 Å². The van der Waals surface area contributed by atoms with Gasteiger partial charge in [0, 0.05) is 18.0 Å². The van der Waals surface area contributed by atoms with Crippen LogP contribution in [-0.4, -0.2) is 36.2 Å². The number of H-pyrrole nitrogens is 1. The Hall–Kier alpha value is -3.03. The molecule has 3 aromatic heterocycles. The van der Waals surface area contributed by atoms with Gasteiger partial charge >= 0.3 is 5.97 Å². The van der Waals surface area contributed by atoms with Gasteiger partial charge < -0.3 is 14.6 Å². The molecule has 0 bridgehead atoms. The van der Waals surface area contributed by atoms with Crippen molar-refractivity contribution in [2.24, 2.45) is 0 Å². The molecule has 0 saturated heterocycles. The van der Waals surface area contributed by atoms with Crippen molar-refractivity contribution in [2.75, 3.05) is 0 Å². The smallest absolute Gasteiger partial charge is 0.356 e. The normalized spacial score (nSPS) is 10.5. The predicted octanol–water partition coefficient (Wildman–Crippen LogP) is 1.22. The molecule has 2 N–H and O–H groups in total. The fraction of sp³-hybridized carbons (Fsp3) is 0. The highest BCUT2D eigenvalue weighted by Crippen LogP contribution is 2.22. The Morgan fingerprint density at radius 2 is 2.11 bits per heavy atom. The van der Waals surface area contributed by atoms with Crippen LogP contribution >= 0.6 is 0 Å². The molecule has 19 heavy (non-hydrogen) atoms. The maximum Gasteiger partial charge on any atom is 0.356 e. The number of imidazole rings is 1. The monoisotopic (exact) mass is 257 g/mol. The first kappa shape index (κ1) is 11.1. The van der Waals surface area contributed by atoms with E-state index in [0.717, 1.165) is 5.56 Å². The number of carboxylic acids is 1. The minimum atomic E-state index is -1.17. The molecule has 0 saturated carbocycles. The molecule has 0 amide bonds. The van der Waals surface area contributed by atoms with Crippen LogP contribution in [0, 0.1) is 0 Å². The minimum absolute atomic E-state index is 0.0710. The summed E-state index contributed by atoms with van der Waals surface area (Å²) in [6.45, 7) is 0. The second kappa shape index (κ2) is 4.33. The maximum absolute atomic E-state index is 11.0. The third kappa shape index (κ3) is 1.95. The van der Waals surface area contributed by atoms with Gasteiger partial charge in [0.05, 0.1) is 6.33 Å². The second-order valence-electron chi connectivity index (χ2n) is 3.59. The van der Waals surface area contributed by atoms with Gasteiger partial charge in [0.25, 0.3) is 5.89 Å². The zero-order valence-corrected chi connectivity index (χ0v) is 9.44. The molecule has 0 aliphatic carbocycles. The Labute approximate surface area is 106 Å². The quantitative estimate of drug-likeness (QED) is 0.724. The molecular formula is C11H7N5O3. The Bertz CT molecular complexity index is 719. The molecule has 0 spiro atoms. The number of aromatic nitrogens is 5. The van der Waals surface area contributed by atoms with Crippen LogP contribution < -0.4 is 0 Å². The summed E-state index contributed by atoms with van der Waals surface area (Å²) < 4.78 is 5.04. The van der Waals surface area contributed by atoms with Crippen LogP contribution in [0.2, 0.25) is 0 Å². The van der Waals surface area contributed by atoms with Crippen molar-refractivity contribution in [3.8, 4) is 23.0 Å². The fourth-order valence-electron chi connectivity index (χ4n) is 1.56. The van der Waals surface area contributed by atoms with E-state index in [1.807, 2.05) is 0 Å². The van der Waals surface area contributed by atoms with Gasteiger partial charge in [-0.15, -0.1) is 0 Å². The van der Waals surface area contributed by atoms with E-state index >= 15 is 0 Å². The molecule has 94 valence electrons. The molecule has 0 fully saturated rings. The van der Waals surface area contributed by atoms with Gasteiger partial charge in [0.1, 0.15) is 5.69 Å². The number of pyridine rings is 1. The van der Waals surface area contributed by atoms with Crippen LogP contribution in [-0.2, 0) is 0 Å². The molecule has 0 radical (unpaired) electrons. The summed E-state index contributed by atoms with van der Waals surface area (Å²) in [5, 5.41) is 12.7. The van der Waals surface area contributed by atoms with Crippen molar-refractivity contribution in [3.63, 3.8) is 0 Å². The van der Waals surface area contributed by atoms with Gasteiger partial charge in [-0.2, -0.15) is 4.98 Å². The first-order chi connectivity index (χ1) is 9.25. The van der Waals surface area contributed by atoms with E-state index in [1.165, 1.54) is 6.33 Å². The summed E-state index contributed by atoms with van der Waals surface area (Å²) in [5.41, 5.74) is 0.742. The van der Waals surface area contributed by atoms with Crippen LogP contribution in [0.1, 0.15) is 10.5 Å². The SMILES string of the molecule is O=C(O)c1nc[nH]c1-c1nc(-c2ccncc2)no1. The minimum Gasteiger partial charge on any atom is -0.476 e. The van der Waals surface area contributed by atoms with Crippen molar-refractivity contribution >= 4 is 5.97 Å². The summed E-state index contributed by atoms with van der Waals surface area (Å²) in [4.78, 5) is 25.3. The van der Waals surface area contributed by atoms with E-state index in [2.05, 4.69) is 25.1 Å². The van der Waals surface area contributed by atoms with Gasteiger partial charge in [0.15, 0.2) is 5.69 Å². The Morgan fingerprint density at radius 3 is 2.84 bits per heavy atom. The molecule has 8 nitrogen and oxygen atoms in total. The maximum atomic E-state index is 11.0. The topological polar surface area (TPSA) is 118 Å². The van der Waals surface area contributed by atoms with Crippen LogP contribution in [0.4, 0.5) is 0 Å². The van der Waals surface area contributed by atoms with Gasteiger partial charge in [-0.25, -0.2) is 9.78 Å². The number of aromatic carboxylic acids is 1. The highest BCUT2D eigenvalue weighted by molar-refractivity contribution is 5.91. The molecule has 3 aromatic rings. The number of carboxylic acid groups (broad SMARTS) is 1. The number of hydrogen-bond donors (Lipinski definition) is 2. The summed E-state index contributed by atoms with van der Waals surface area (Å²) >= 11 is 0. The van der Waals surface area contributed by atoms with Gasteiger partial charge in [-0.05, 0) is 12.1 Å². The van der Waals surface area contributed by atoms with E-state index in [4.69, 9.17) is 9.63 Å². The van der Waals surface area contributed by atoms with Crippen molar-refractivity contribution in [2.45, 2.75) is 0 Å². The lowest BCUT2D eigenvalue weighted by Gasteiger charge is -1.91. The Morgan fingerprint density at radius 1 is 1.32 bits per heavy atom. The molecule has 0 atom stereocenters. The van der Waals surface area contributed by atoms with Crippen molar-refractivity contribution in [1.82, 2.24) is 25.1 Å². The van der Waals surface area contributed by atoms with Crippen LogP contribution in [0.25, 0.3) is 23.0 Å². The largest absolute Gasteiger partial charge is 0.476 e. The lowest BCUT2D eigenvalue weighted by Crippen LogP contribution is -1.99. The number of rotatable bonds is 3. The molecule has 8 heteroatoms. The number of carbonyl (C=O) groups is 1. The lowest BCUT2D eigenvalue weighted by molar-refractivity contribution is 0.0691. The lowest BCUT2D eigenvalue weighted by atomic mass is 10.2. The molecular weight excluding hydrogens is 250 g/mol. The highest BCUT2D eigenvalue weighted by atomic mass is 16.5. The summed E-state index contributed by atoms with van der Waals surface area (Å²) in [6.07, 6.45) is 4.46. The number of hydrogen-bond acceptors (Lipinski definition) is 6. The number of nitrogens with zero attached hydrogens (tertiary/aromatic N) is 4. The third-order valence-corrected chi connectivity index (χ3v) is 2.42. The van der Waals surface area contributed by atoms with E-state index in [1.54, 1.807) is 24.5 Å². The molecule has 0 aliphatic rings. The molecule has 0 unspecified atom stereocenters. The zero-order valence-electron chi connectivity index (χ0n) is 9.44. The van der Waals surface area contributed by atoms with Crippen molar-refractivity contribution in [3.05, 3.63) is 36.5 Å². The average molecular weight is 257 g/mol. The van der Waals surface area contributed by atoms with Crippen LogP contribution in [0.15, 0.2) is 35.4 Å². The predicted molar refractivity (Wildman–Crippen MR) is 62.1 cm³/mol. The van der Waals surface area contributed by atoms with Crippen molar-refractivity contribution < 1.29 is 14.4 Å². The average Bonchev–Trinajstić information content (AvgIpc) is 3.08. The highest BCUT2D eigenvalue weighted by Gasteiger charge is 2.20. The second-order valence-corrected chi connectivity index (χ2v) is 3.59. The van der Waals surface area contributed by atoms with Gasteiger partial charge in [-0.1, -0.05) is 5.16 Å². The first-order valence-electron chi connectivity index (χ1n) is 5.27. The molecule has 0 aromatic carbocycles. The number of aromatic amines is 1. The standard InChI is InChI=1S/C11H7N5O3/c17-11(18)8-7(13-5-14-8)10-15-9(16-19-10)6-1-3-12-4-2-6/h1-5H,(H,13,14)(H,17,18). The molecule has 0 aliphatic heterocycles. The fourth-order valence-corrected chi connectivity index (χ4v) is 1.56. The van der Waals surface area contributed by atoms with E-state index in [0.29, 0.717) is 5.82 Å². The van der Waals surface area contributed by atoms with Gasteiger partial charge in [0.2, 0.25) is 5.82 Å². The molecule has 3 rings (SSSR count). The summed E-state index contributed by atoms with van der Waals surface area (Å²) in [5.74, 6) is -0.745. The number of nitrogens with one attached hydrogen (secondary N) is 1.